The Hall–Kier alpha value is -2.10. The Bertz CT molecular complexity index is 587. The van der Waals surface area contributed by atoms with Crippen molar-refractivity contribution in [1.82, 2.24) is 9.97 Å². The molecule has 0 unspecified atom stereocenters. The predicted molar refractivity (Wildman–Crippen MR) is 88.4 cm³/mol. The molecule has 0 radical (unpaired) electrons. The van der Waals surface area contributed by atoms with Gasteiger partial charge in [0.1, 0.15) is 5.82 Å². The smallest absolute Gasteiger partial charge is 0.213 e. The number of hydrogen-bond acceptors (Lipinski definition) is 4. The minimum absolute atomic E-state index is 0.602. The molecule has 116 valence electrons. The number of pyridine rings is 2. The first-order valence-corrected chi connectivity index (χ1v) is 7.94. The highest BCUT2D eigenvalue weighted by Gasteiger charge is 2.20. The molecule has 0 saturated carbocycles. The Kier molecular flexibility index (Phi) is 4.56. The molecule has 0 spiro atoms. The van der Waals surface area contributed by atoms with Crippen molar-refractivity contribution in [2.45, 2.75) is 26.7 Å². The van der Waals surface area contributed by atoms with Crippen molar-refractivity contribution >= 4 is 5.82 Å². The first-order valence-electron chi connectivity index (χ1n) is 7.94. The van der Waals surface area contributed by atoms with E-state index in [0.717, 1.165) is 49.8 Å². The van der Waals surface area contributed by atoms with Gasteiger partial charge in [-0.1, -0.05) is 12.1 Å². The lowest BCUT2D eigenvalue weighted by molar-refractivity contribution is 0.216. The number of aromatic nitrogens is 2. The molecule has 2 aromatic rings. The number of rotatable bonds is 4. The average molecular weight is 297 g/mol. The number of aryl methyl sites for hydroxylation is 2. The average Bonchev–Trinajstić information content (AvgIpc) is 2.56. The fourth-order valence-corrected chi connectivity index (χ4v) is 2.72. The molecule has 0 N–H and O–H groups in total. The van der Waals surface area contributed by atoms with Gasteiger partial charge in [-0.05, 0) is 49.8 Å². The molecule has 4 heteroatoms. The second-order valence-corrected chi connectivity index (χ2v) is 6.11. The molecular formula is C18H23N3O. The summed E-state index contributed by atoms with van der Waals surface area (Å²) >= 11 is 0. The van der Waals surface area contributed by atoms with Crippen LogP contribution in [0.1, 0.15) is 24.0 Å². The summed E-state index contributed by atoms with van der Waals surface area (Å²) in [6.07, 6.45) is 6.07. The van der Waals surface area contributed by atoms with Crippen LogP contribution in [-0.2, 0) is 0 Å². The van der Waals surface area contributed by atoms with Gasteiger partial charge in [0.15, 0.2) is 0 Å². The van der Waals surface area contributed by atoms with E-state index in [1.807, 2.05) is 31.5 Å². The van der Waals surface area contributed by atoms with Gasteiger partial charge in [0.25, 0.3) is 0 Å². The summed E-state index contributed by atoms with van der Waals surface area (Å²) in [7, 11) is 0. The van der Waals surface area contributed by atoms with E-state index in [2.05, 4.69) is 33.9 Å². The highest BCUT2D eigenvalue weighted by molar-refractivity contribution is 5.39. The molecule has 0 bridgehead atoms. The quantitative estimate of drug-likeness (QED) is 0.867. The Morgan fingerprint density at radius 2 is 1.68 bits per heavy atom. The van der Waals surface area contributed by atoms with Crippen molar-refractivity contribution in [2.75, 3.05) is 24.6 Å². The zero-order valence-electron chi connectivity index (χ0n) is 13.3. The van der Waals surface area contributed by atoms with Crippen LogP contribution in [0.4, 0.5) is 5.82 Å². The Morgan fingerprint density at radius 1 is 1.00 bits per heavy atom. The van der Waals surface area contributed by atoms with Gasteiger partial charge in [-0.15, -0.1) is 0 Å². The predicted octanol–water partition coefficient (Wildman–Crippen LogP) is 3.39. The summed E-state index contributed by atoms with van der Waals surface area (Å²) in [5.41, 5.74) is 2.36. The van der Waals surface area contributed by atoms with Gasteiger partial charge in [0, 0.05) is 31.5 Å². The molecule has 22 heavy (non-hydrogen) atoms. The fraction of sp³-hybridized carbons (Fsp3) is 0.444. The normalized spacial score (nSPS) is 15.8. The molecule has 0 aliphatic carbocycles. The summed E-state index contributed by atoms with van der Waals surface area (Å²) in [6, 6.07) is 8.22. The van der Waals surface area contributed by atoms with E-state index in [-0.39, 0.29) is 0 Å². The number of nitrogens with zero attached hydrogens (tertiary/aromatic N) is 3. The highest BCUT2D eigenvalue weighted by atomic mass is 16.5. The van der Waals surface area contributed by atoms with Gasteiger partial charge in [0.05, 0.1) is 6.61 Å². The van der Waals surface area contributed by atoms with Gasteiger partial charge in [0.2, 0.25) is 5.88 Å². The van der Waals surface area contributed by atoms with Crippen LogP contribution in [0.25, 0.3) is 0 Å². The molecule has 1 aliphatic heterocycles. The third kappa shape index (κ3) is 3.75. The highest BCUT2D eigenvalue weighted by Crippen LogP contribution is 2.22. The van der Waals surface area contributed by atoms with Crippen LogP contribution in [0.5, 0.6) is 5.88 Å². The fourth-order valence-electron chi connectivity index (χ4n) is 2.72. The van der Waals surface area contributed by atoms with E-state index < -0.39 is 0 Å². The molecule has 0 amide bonds. The van der Waals surface area contributed by atoms with E-state index >= 15 is 0 Å². The lowest BCUT2D eigenvalue weighted by Gasteiger charge is -2.32. The maximum atomic E-state index is 5.81. The molecule has 1 saturated heterocycles. The van der Waals surface area contributed by atoms with Crippen molar-refractivity contribution in [3.05, 3.63) is 47.8 Å². The van der Waals surface area contributed by atoms with Crippen LogP contribution in [0, 0.1) is 19.8 Å². The van der Waals surface area contributed by atoms with E-state index in [1.165, 1.54) is 5.56 Å². The van der Waals surface area contributed by atoms with Gasteiger partial charge in [-0.2, -0.15) is 0 Å². The van der Waals surface area contributed by atoms with Crippen molar-refractivity contribution in [2.24, 2.45) is 5.92 Å². The summed E-state index contributed by atoms with van der Waals surface area (Å²) in [6.45, 7) is 6.95. The van der Waals surface area contributed by atoms with Crippen LogP contribution < -0.4 is 9.64 Å². The summed E-state index contributed by atoms with van der Waals surface area (Å²) in [5, 5.41) is 0. The number of hydrogen-bond donors (Lipinski definition) is 0. The van der Waals surface area contributed by atoms with Crippen LogP contribution >= 0.6 is 0 Å². The monoisotopic (exact) mass is 297 g/mol. The largest absolute Gasteiger partial charge is 0.477 e. The number of ether oxygens (including phenoxy) is 1. The lowest BCUT2D eigenvalue weighted by Crippen LogP contribution is -2.36. The maximum Gasteiger partial charge on any atom is 0.213 e. The molecule has 2 aromatic heterocycles. The van der Waals surface area contributed by atoms with Crippen molar-refractivity contribution < 1.29 is 4.74 Å². The second-order valence-electron chi connectivity index (χ2n) is 6.11. The summed E-state index contributed by atoms with van der Waals surface area (Å²) in [4.78, 5) is 11.2. The van der Waals surface area contributed by atoms with Crippen LogP contribution in [0.2, 0.25) is 0 Å². The Labute approximate surface area is 132 Å². The van der Waals surface area contributed by atoms with Crippen molar-refractivity contribution in [3.63, 3.8) is 0 Å². The minimum Gasteiger partial charge on any atom is -0.477 e. The van der Waals surface area contributed by atoms with Crippen LogP contribution in [0.3, 0.4) is 0 Å². The van der Waals surface area contributed by atoms with Gasteiger partial charge >= 0.3 is 0 Å². The van der Waals surface area contributed by atoms with E-state index in [1.54, 1.807) is 0 Å². The molecule has 3 heterocycles. The third-order valence-corrected chi connectivity index (χ3v) is 4.19. The molecule has 3 rings (SSSR count). The maximum absolute atomic E-state index is 5.81. The van der Waals surface area contributed by atoms with Crippen LogP contribution in [-0.4, -0.2) is 29.7 Å². The van der Waals surface area contributed by atoms with E-state index in [9.17, 15) is 0 Å². The molecule has 1 fully saturated rings. The molecule has 4 nitrogen and oxygen atoms in total. The van der Waals surface area contributed by atoms with E-state index in [4.69, 9.17) is 4.74 Å². The Morgan fingerprint density at radius 3 is 2.27 bits per heavy atom. The van der Waals surface area contributed by atoms with Gasteiger partial charge < -0.3 is 9.64 Å². The number of piperidine rings is 1. The Balaban J connectivity index is 1.47. The van der Waals surface area contributed by atoms with Crippen LogP contribution in [0.15, 0.2) is 36.7 Å². The minimum atomic E-state index is 0.602. The second kappa shape index (κ2) is 6.77. The lowest BCUT2D eigenvalue weighted by atomic mass is 9.98. The van der Waals surface area contributed by atoms with Gasteiger partial charge in [-0.3, -0.25) is 0 Å². The standard InChI is InChI=1S/C18H23N3O/c1-14-3-5-17(19-11-14)21-9-7-16(8-10-21)13-22-18-6-4-15(2)12-20-18/h3-6,11-12,16H,7-10,13H2,1-2H3. The SMILES string of the molecule is Cc1ccc(OCC2CCN(c3ccc(C)cn3)CC2)nc1. The van der Waals surface area contributed by atoms with E-state index in [0.29, 0.717) is 5.92 Å². The number of anilines is 1. The molecule has 0 atom stereocenters. The zero-order valence-corrected chi connectivity index (χ0v) is 13.3. The zero-order chi connectivity index (χ0) is 15.4. The van der Waals surface area contributed by atoms with Crippen molar-refractivity contribution in [3.8, 4) is 5.88 Å². The molecule has 0 aromatic carbocycles. The third-order valence-electron chi connectivity index (χ3n) is 4.19. The summed E-state index contributed by atoms with van der Waals surface area (Å²) in [5.74, 6) is 2.42. The summed E-state index contributed by atoms with van der Waals surface area (Å²) < 4.78 is 5.81. The first kappa shape index (κ1) is 14.8. The topological polar surface area (TPSA) is 38.2 Å². The molecular weight excluding hydrogens is 274 g/mol. The van der Waals surface area contributed by atoms with Gasteiger partial charge in [-0.25, -0.2) is 9.97 Å². The molecule has 1 aliphatic rings. The first-order chi connectivity index (χ1) is 10.7. The van der Waals surface area contributed by atoms with Crippen molar-refractivity contribution in [1.29, 1.82) is 0 Å².